The normalized spacial score (nSPS) is 11.0. The van der Waals surface area contributed by atoms with Gasteiger partial charge in [-0.2, -0.15) is 5.26 Å². The molecule has 3 rings (SSSR count). The number of hydrogen-bond acceptors (Lipinski definition) is 5. The first-order valence-corrected chi connectivity index (χ1v) is 10.8. The summed E-state index contributed by atoms with van der Waals surface area (Å²) in [6.45, 7) is 2.56. The van der Waals surface area contributed by atoms with E-state index < -0.39 is 4.92 Å². The molecular weight excluding hydrogens is 496 g/mol. The van der Waals surface area contributed by atoms with Crippen LogP contribution in [0.5, 0.6) is 11.5 Å². The molecule has 0 N–H and O–H groups in total. The Labute approximate surface area is 198 Å². The van der Waals surface area contributed by atoms with E-state index in [9.17, 15) is 15.4 Å². The number of benzene rings is 3. The molecule has 0 saturated carbocycles. The Bertz CT molecular complexity index is 1200. The van der Waals surface area contributed by atoms with E-state index in [0.29, 0.717) is 44.3 Å². The topological polar surface area (TPSA) is 85.4 Å². The minimum Gasteiger partial charge on any atom is -0.490 e. The maximum absolute atomic E-state index is 10.9. The average Bonchev–Trinajstić information content (AvgIpc) is 2.78. The van der Waals surface area contributed by atoms with Crippen molar-refractivity contribution in [1.82, 2.24) is 0 Å². The Morgan fingerprint density at radius 3 is 2.53 bits per heavy atom. The summed E-state index contributed by atoms with van der Waals surface area (Å²) in [7, 11) is 0. The summed E-state index contributed by atoms with van der Waals surface area (Å²) < 4.78 is 12.4. The third-order valence-corrected chi connectivity index (χ3v) is 5.44. The molecule has 8 heteroatoms. The van der Waals surface area contributed by atoms with Crippen molar-refractivity contribution < 1.29 is 14.4 Å². The van der Waals surface area contributed by atoms with Crippen molar-refractivity contribution in [3.63, 3.8) is 0 Å². The highest BCUT2D eigenvalue weighted by Crippen LogP contribution is 2.38. The SMILES string of the molecule is CCOc1cc(C=C(C#N)c2ccc([N+](=O)[O-])cc2)cc(Br)c1OCc1ccccc1Cl. The van der Waals surface area contributed by atoms with E-state index in [2.05, 4.69) is 22.0 Å². The van der Waals surface area contributed by atoms with Crippen LogP contribution in [0.4, 0.5) is 5.69 Å². The standard InChI is InChI=1S/C24H18BrClN2O4/c1-2-31-23-13-16(11-19(14-27)17-7-9-20(10-8-17)28(29)30)12-21(25)24(23)32-15-18-5-3-4-6-22(18)26/h3-13H,2,15H2,1H3. The zero-order valence-electron chi connectivity index (χ0n) is 17.0. The van der Waals surface area contributed by atoms with Gasteiger partial charge in [-0.1, -0.05) is 29.8 Å². The predicted molar refractivity (Wildman–Crippen MR) is 128 cm³/mol. The van der Waals surface area contributed by atoms with Gasteiger partial charge in [-0.05, 0) is 70.4 Å². The summed E-state index contributed by atoms with van der Waals surface area (Å²) in [6, 6.07) is 19.0. The lowest BCUT2D eigenvalue weighted by Crippen LogP contribution is -2.01. The molecule has 0 radical (unpaired) electrons. The molecule has 0 atom stereocenters. The van der Waals surface area contributed by atoms with Gasteiger partial charge in [0.2, 0.25) is 0 Å². The Kier molecular flexibility index (Phi) is 7.87. The van der Waals surface area contributed by atoms with Gasteiger partial charge in [0, 0.05) is 22.7 Å². The summed E-state index contributed by atoms with van der Waals surface area (Å²) in [5.74, 6) is 1.04. The third-order valence-electron chi connectivity index (χ3n) is 4.48. The molecule has 3 aromatic carbocycles. The number of rotatable bonds is 8. The first kappa shape index (κ1) is 23.3. The van der Waals surface area contributed by atoms with E-state index >= 15 is 0 Å². The fourth-order valence-corrected chi connectivity index (χ4v) is 3.71. The number of non-ortho nitro benzene ring substituents is 1. The second kappa shape index (κ2) is 10.8. The fourth-order valence-electron chi connectivity index (χ4n) is 2.95. The second-order valence-electron chi connectivity index (χ2n) is 6.62. The highest BCUT2D eigenvalue weighted by atomic mass is 79.9. The molecule has 0 amide bonds. The Morgan fingerprint density at radius 1 is 1.19 bits per heavy atom. The van der Waals surface area contributed by atoms with E-state index in [4.69, 9.17) is 21.1 Å². The Hall–Kier alpha value is -3.34. The van der Waals surface area contributed by atoms with Gasteiger partial charge in [0.1, 0.15) is 6.61 Å². The van der Waals surface area contributed by atoms with E-state index in [1.807, 2.05) is 31.2 Å². The summed E-state index contributed by atoms with van der Waals surface area (Å²) in [6.07, 6.45) is 1.69. The lowest BCUT2D eigenvalue weighted by atomic mass is 10.0. The second-order valence-corrected chi connectivity index (χ2v) is 7.88. The minimum absolute atomic E-state index is 0.0348. The lowest BCUT2D eigenvalue weighted by Gasteiger charge is -2.15. The highest BCUT2D eigenvalue weighted by molar-refractivity contribution is 9.10. The van der Waals surface area contributed by atoms with E-state index in [-0.39, 0.29) is 12.3 Å². The molecule has 6 nitrogen and oxygen atoms in total. The van der Waals surface area contributed by atoms with Crippen LogP contribution in [0.15, 0.2) is 65.1 Å². The number of hydrogen-bond donors (Lipinski definition) is 0. The first-order chi connectivity index (χ1) is 15.4. The van der Waals surface area contributed by atoms with Gasteiger partial charge in [-0.15, -0.1) is 0 Å². The Balaban J connectivity index is 1.92. The fraction of sp³-hybridized carbons (Fsp3) is 0.125. The van der Waals surface area contributed by atoms with Crippen LogP contribution >= 0.6 is 27.5 Å². The number of allylic oxidation sites excluding steroid dienone is 1. The molecule has 32 heavy (non-hydrogen) atoms. The maximum atomic E-state index is 10.9. The zero-order valence-corrected chi connectivity index (χ0v) is 19.4. The van der Waals surface area contributed by atoms with Gasteiger partial charge in [0.05, 0.1) is 27.6 Å². The lowest BCUT2D eigenvalue weighted by molar-refractivity contribution is -0.384. The highest BCUT2D eigenvalue weighted by Gasteiger charge is 2.14. The number of nitrogens with zero attached hydrogens (tertiary/aromatic N) is 2. The van der Waals surface area contributed by atoms with Crippen LogP contribution in [-0.2, 0) is 6.61 Å². The molecule has 0 aromatic heterocycles. The Morgan fingerprint density at radius 2 is 1.91 bits per heavy atom. The molecule has 0 aliphatic rings. The summed E-state index contributed by atoms with van der Waals surface area (Å²) in [5, 5.41) is 21.1. The molecule has 0 heterocycles. The molecule has 3 aromatic rings. The molecule has 162 valence electrons. The van der Waals surface area contributed by atoms with Gasteiger partial charge in [-0.25, -0.2) is 0 Å². The van der Waals surface area contributed by atoms with Crippen LogP contribution in [0, 0.1) is 21.4 Å². The quantitative estimate of drug-likeness (QED) is 0.139. The third kappa shape index (κ3) is 5.67. The van der Waals surface area contributed by atoms with Crippen molar-refractivity contribution in [2.24, 2.45) is 0 Å². The van der Waals surface area contributed by atoms with Gasteiger partial charge in [-0.3, -0.25) is 10.1 Å². The van der Waals surface area contributed by atoms with Gasteiger partial charge in [0.25, 0.3) is 5.69 Å². The van der Waals surface area contributed by atoms with Crippen molar-refractivity contribution >= 4 is 44.9 Å². The maximum Gasteiger partial charge on any atom is 0.269 e. The van der Waals surface area contributed by atoms with E-state index in [1.165, 1.54) is 12.1 Å². The summed E-state index contributed by atoms with van der Waals surface area (Å²) >= 11 is 9.74. The van der Waals surface area contributed by atoms with E-state index in [0.717, 1.165) is 5.56 Å². The zero-order chi connectivity index (χ0) is 23.1. The average molecular weight is 514 g/mol. The van der Waals surface area contributed by atoms with E-state index in [1.54, 1.807) is 30.3 Å². The van der Waals surface area contributed by atoms with Crippen molar-refractivity contribution in [2.75, 3.05) is 6.61 Å². The molecule has 0 bridgehead atoms. The number of nitro groups is 1. The van der Waals surface area contributed by atoms with Crippen molar-refractivity contribution in [2.45, 2.75) is 13.5 Å². The smallest absolute Gasteiger partial charge is 0.269 e. The number of nitro benzene ring substituents is 1. The van der Waals surface area contributed by atoms with Crippen molar-refractivity contribution in [1.29, 1.82) is 5.26 Å². The molecule has 0 aliphatic heterocycles. The van der Waals surface area contributed by atoms with Crippen LogP contribution in [-0.4, -0.2) is 11.5 Å². The summed E-state index contributed by atoms with van der Waals surface area (Å²) in [4.78, 5) is 10.4. The van der Waals surface area contributed by atoms with Crippen LogP contribution in [0.2, 0.25) is 5.02 Å². The first-order valence-electron chi connectivity index (χ1n) is 9.62. The van der Waals surface area contributed by atoms with Crippen LogP contribution in [0.25, 0.3) is 11.6 Å². The number of nitriles is 1. The number of ether oxygens (including phenoxy) is 2. The van der Waals surface area contributed by atoms with Crippen LogP contribution in [0.1, 0.15) is 23.6 Å². The largest absolute Gasteiger partial charge is 0.490 e. The molecule has 0 saturated heterocycles. The molecule has 0 fully saturated rings. The van der Waals surface area contributed by atoms with Crippen LogP contribution in [0.3, 0.4) is 0 Å². The van der Waals surface area contributed by atoms with Crippen molar-refractivity contribution in [3.05, 3.63) is 97.0 Å². The number of halogens is 2. The minimum atomic E-state index is -0.480. The van der Waals surface area contributed by atoms with Gasteiger partial charge >= 0.3 is 0 Å². The molecular formula is C24H18BrClN2O4. The predicted octanol–water partition coefficient (Wildman–Crippen LogP) is 7.05. The summed E-state index contributed by atoms with van der Waals surface area (Å²) in [5.41, 5.74) is 2.45. The van der Waals surface area contributed by atoms with Gasteiger partial charge < -0.3 is 9.47 Å². The molecule has 0 aliphatic carbocycles. The molecule has 0 unspecified atom stereocenters. The van der Waals surface area contributed by atoms with Crippen molar-refractivity contribution in [3.8, 4) is 17.6 Å². The van der Waals surface area contributed by atoms with Crippen LogP contribution < -0.4 is 9.47 Å². The van der Waals surface area contributed by atoms with Gasteiger partial charge in [0.15, 0.2) is 11.5 Å². The molecule has 0 spiro atoms. The monoisotopic (exact) mass is 512 g/mol.